The molecule has 0 fully saturated rings. The molecule has 1 aromatic carbocycles. The molecule has 1 heterocycles. The lowest BCUT2D eigenvalue weighted by Crippen LogP contribution is -2.03. The Morgan fingerprint density at radius 2 is 2.19 bits per heavy atom. The first kappa shape index (κ1) is 10.7. The average molecular weight is 238 g/mol. The number of sulfone groups is 1. The van der Waals surface area contributed by atoms with Crippen molar-refractivity contribution in [2.75, 3.05) is 5.75 Å². The summed E-state index contributed by atoms with van der Waals surface area (Å²) in [6.45, 7) is 1.61. The van der Waals surface area contributed by atoms with Gasteiger partial charge in [0.25, 0.3) is 0 Å². The van der Waals surface area contributed by atoms with Gasteiger partial charge in [0.05, 0.1) is 10.6 Å². The molecule has 0 unspecified atom stereocenters. The summed E-state index contributed by atoms with van der Waals surface area (Å²) in [4.78, 5) is 0.275. The predicted molar refractivity (Wildman–Crippen MR) is 57.3 cm³/mol. The second-order valence-electron chi connectivity index (χ2n) is 3.17. The molecule has 0 amide bonds. The number of hydrogen-bond acceptors (Lipinski definition) is 5. The monoisotopic (exact) mass is 238 g/mol. The molecule has 1 aromatic heterocycles. The van der Waals surface area contributed by atoms with Crippen LogP contribution in [0.25, 0.3) is 11.4 Å². The number of aromatic amines is 1. The Bertz CT molecular complexity index is 577. The zero-order chi connectivity index (χ0) is 11.6. The van der Waals surface area contributed by atoms with Gasteiger partial charge < -0.3 is 0 Å². The van der Waals surface area contributed by atoms with Gasteiger partial charge in [0.1, 0.15) is 0 Å². The number of nitrogens with zero attached hydrogens (tertiary/aromatic N) is 3. The van der Waals surface area contributed by atoms with Crippen molar-refractivity contribution in [2.24, 2.45) is 0 Å². The van der Waals surface area contributed by atoms with Crippen molar-refractivity contribution in [3.8, 4) is 11.4 Å². The van der Waals surface area contributed by atoms with Crippen LogP contribution >= 0.6 is 0 Å². The van der Waals surface area contributed by atoms with Crippen molar-refractivity contribution < 1.29 is 8.42 Å². The summed E-state index contributed by atoms with van der Waals surface area (Å²) in [5.74, 6) is 0.455. The fourth-order valence-corrected chi connectivity index (χ4v) is 2.21. The summed E-state index contributed by atoms with van der Waals surface area (Å²) in [6, 6.07) is 6.50. The van der Waals surface area contributed by atoms with Gasteiger partial charge in [0.2, 0.25) is 5.82 Å². The molecule has 0 saturated heterocycles. The fraction of sp³-hybridized carbons (Fsp3) is 0.222. The Morgan fingerprint density at radius 3 is 2.81 bits per heavy atom. The van der Waals surface area contributed by atoms with Gasteiger partial charge in [0, 0.05) is 5.56 Å². The largest absolute Gasteiger partial charge is 0.224 e. The second kappa shape index (κ2) is 4.01. The molecule has 0 atom stereocenters. The molecule has 84 valence electrons. The Kier molecular flexibility index (Phi) is 2.69. The zero-order valence-electron chi connectivity index (χ0n) is 8.58. The highest BCUT2D eigenvalue weighted by atomic mass is 32.2. The maximum atomic E-state index is 11.7. The zero-order valence-corrected chi connectivity index (χ0v) is 9.40. The lowest BCUT2D eigenvalue weighted by molar-refractivity contribution is 0.597. The van der Waals surface area contributed by atoms with E-state index in [1.165, 1.54) is 0 Å². The van der Waals surface area contributed by atoms with Crippen molar-refractivity contribution in [1.82, 2.24) is 20.6 Å². The Labute approximate surface area is 92.6 Å². The minimum Gasteiger partial charge on any atom is -0.224 e. The molecule has 0 aliphatic heterocycles. The fourth-order valence-electron chi connectivity index (χ4n) is 1.28. The number of aromatic nitrogens is 4. The smallest absolute Gasteiger partial charge is 0.204 e. The molecule has 0 spiro atoms. The van der Waals surface area contributed by atoms with Crippen LogP contribution in [-0.2, 0) is 9.84 Å². The highest BCUT2D eigenvalue weighted by molar-refractivity contribution is 7.91. The lowest BCUT2D eigenvalue weighted by atomic mass is 10.2. The summed E-state index contributed by atoms with van der Waals surface area (Å²) in [5, 5.41) is 13.3. The molecule has 1 N–H and O–H groups in total. The van der Waals surface area contributed by atoms with Crippen LogP contribution < -0.4 is 0 Å². The molecule has 2 aromatic rings. The summed E-state index contributed by atoms with van der Waals surface area (Å²) in [6.07, 6.45) is 0. The maximum absolute atomic E-state index is 11.7. The molecule has 0 aliphatic carbocycles. The maximum Gasteiger partial charge on any atom is 0.204 e. The van der Waals surface area contributed by atoms with Crippen molar-refractivity contribution in [3.05, 3.63) is 24.3 Å². The molecule has 6 nitrogen and oxygen atoms in total. The molecule has 0 saturated carbocycles. The van der Waals surface area contributed by atoms with E-state index in [0.717, 1.165) is 0 Å². The van der Waals surface area contributed by atoms with Crippen LogP contribution in [0.3, 0.4) is 0 Å². The van der Waals surface area contributed by atoms with Crippen LogP contribution in [-0.4, -0.2) is 34.8 Å². The minimum atomic E-state index is -3.20. The van der Waals surface area contributed by atoms with Crippen LogP contribution in [0.1, 0.15) is 6.92 Å². The van der Waals surface area contributed by atoms with Gasteiger partial charge in [0.15, 0.2) is 9.84 Å². The van der Waals surface area contributed by atoms with Crippen molar-refractivity contribution >= 4 is 9.84 Å². The van der Waals surface area contributed by atoms with Crippen LogP contribution in [0.5, 0.6) is 0 Å². The van der Waals surface area contributed by atoms with Gasteiger partial charge in [-0.3, -0.25) is 0 Å². The number of rotatable bonds is 3. The van der Waals surface area contributed by atoms with E-state index in [1.807, 2.05) is 0 Å². The molecular formula is C9H10N4O2S. The topological polar surface area (TPSA) is 88.6 Å². The molecule has 0 aliphatic rings. The van der Waals surface area contributed by atoms with Crippen molar-refractivity contribution in [1.29, 1.82) is 0 Å². The quantitative estimate of drug-likeness (QED) is 0.848. The van der Waals surface area contributed by atoms with Crippen LogP contribution in [0.2, 0.25) is 0 Å². The molecule has 0 radical (unpaired) electrons. The Hall–Kier alpha value is -1.76. The standard InChI is InChI=1S/C9H10N4O2S/c1-2-16(14,15)8-5-3-4-7(6-8)9-10-12-13-11-9/h3-6H,2H2,1H3,(H,10,11,12,13). The molecule has 16 heavy (non-hydrogen) atoms. The third-order valence-corrected chi connectivity index (χ3v) is 3.91. The second-order valence-corrected chi connectivity index (χ2v) is 5.44. The first-order valence-corrected chi connectivity index (χ1v) is 6.35. The van der Waals surface area contributed by atoms with Gasteiger partial charge in [-0.15, -0.1) is 10.2 Å². The van der Waals surface area contributed by atoms with Gasteiger partial charge in [-0.25, -0.2) is 8.42 Å². The van der Waals surface area contributed by atoms with Gasteiger partial charge in [-0.2, -0.15) is 5.21 Å². The SMILES string of the molecule is CCS(=O)(=O)c1cccc(-c2nn[nH]n2)c1. The first-order valence-electron chi connectivity index (χ1n) is 4.70. The number of tetrazole rings is 1. The van der Waals surface area contributed by atoms with E-state index < -0.39 is 9.84 Å². The molecule has 2 rings (SSSR count). The molecule has 7 heteroatoms. The molecular weight excluding hydrogens is 228 g/mol. The van der Waals surface area contributed by atoms with E-state index >= 15 is 0 Å². The summed E-state index contributed by atoms with van der Waals surface area (Å²) >= 11 is 0. The third-order valence-electron chi connectivity index (χ3n) is 2.18. The minimum absolute atomic E-state index is 0.0721. The van der Waals surface area contributed by atoms with Gasteiger partial charge in [-0.05, 0) is 17.3 Å². The van der Waals surface area contributed by atoms with Crippen molar-refractivity contribution in [2.45, 2.75) is 11.8 Å². The summed E-state index contributed by atoms with van der Waals surface area (Å²) in [7, 11) is -3.20. The number of nitrogens with one attached hydrogen (secondary N) is 1. The normalized spacial score (nSPS) is 11.6. The van der Waals surface area contributed by atoms with E-state index in [-0.39, 0.29) is 10.6 Å². The van der Waals surface area contributed by atoms with E-state index in [2.05, 4.69) is 20.6 Å². The van der Waals surface area contributed by atoms with E-state index in [9.17, 15) is 8.42 Å². The van der Waals surface area contributed by atoms with Crippen LogP contribution in [0, 0.1) is 0 Å². The number of hydrogen-bond donors (Lipinski definition) is 1. The summed E-state index contributed by atoms with van der Waals surface area (Å²) in [5.41, 5.74) is 0.628. The highest BCUT2D eigenvalue weighted by Gasteiger charge is 2.13. The average Bonchev–Trinajstić information content (AvgIpc) is 2.83. The molecule has 0 bridgehead atoms. The first-order chi connectivity index (χ1) is 7.63. The predicted octanol–water partition coefficient (Wildman–Crippen LogP) is 0.660. The summed E-state index contributed by atoms with van der Waals surface area (Å²) < 4.78 is 23.3. The Morgan fingerprint density at radius 1 is 1.38 bits per heavy atom. The van der Waals surface area contributed by atoms with Gasteiger partial charge >= 0.3 is 0 Å². The van der Waals surface area contributed by atoms with E-state index in [4.69, 9.17) is 0 Å². The van der Waals surface area contributed by atoms with Crippen LogP contribution in [0.4, 0.5) is 0 Å². The Balaban J connectivity index is 2.50. The third kappa shape index (κ3) is 1.94. The van der Waals surface area contributed by atoms with E-state index in [0.29, 0.717) is 11.4 Å². The van der Waals surface area contributed by atoms with Gasteiger partial charge in [-0.1, -0.05) is 19.1 Å². The number of benzene rings is 1. The van der Waals surface area contributed by atoms with E-state index in [1.54, 1.807) is 31.2 Å². The number of H-pyrrole nitrogens is 1. The lowest BCUT2D eigenvalue weighted by Gasteiger charge is -2.02. The van der Waals surface area contributed by atoms with Crippen LogP contribution in [0.15, 0.2) is 29.2 Å². The highest BCUT2D eigenvalue weighted by Crippen LogP contribution is 2.19. The van der Waals surface area contributed by atoms with Crippen molar-refractivity contribution in [3.63, 3.8) is 0 Å².